The molecule has 4 N–H and O–H groups in total. The van der Waals surface area contributed by atoms with Crippen molar-refractivity contribution >= 4 is 28.8 Å². The number of hydrogen-bond donors (Lipinski definition) is 4. The normalized spacial score (nSPS) is 14.1. The van der Waals surface area contributed by atoms with Crippen molar-refractivity contribution in [3.05, 3.63) is 83.6 Å². The lowest BCUT2D eigenvalue weighted by atomic mass is 9.98. The molecule has 1 aliphatic carbocycles. The predicted molar refractivity (Wildman–Crippen MR) is 172 cm³/mol. The number of aromatic nitrogens is 1. The van der Waals surface area contributed by atoms with Crippen LogP contribution in [-0.2, 0) is 4.79 Å². The highest BCUT2D eigenvalue weighted by Crippen LogP contribution is 2.40. The number of ketones is 1. The van der Waals surface area contributed by atoms with E-state index in [0.717, 1.165) is 24.9 Å². The number of nitriles is 1. The second-order valence-electron chi connectivity index (χ2n) is 11.2. The number of hydrogen-bond acceptors (Lipinski definition) is 8. The van der Waals surface area contributed by atoms with Crippen molar-refractivity contribution in [1.29, 1.82) is 10.7 Å². The number of rotatable bonds is 13. The first kappa shape index (κ1) is 32.2. The van der Waals surface area contributed by atoms with Crippen LogP contribution in [0.5, 0.6) is 5.75 Å². The number of benzene rings is 2. The zero-order valence-corrected chi connectivity index (χ0v) is 25.4. The standard InChI is InChI=1S/C35H34F2N6O3/c1-21-18-23(10-11-24(21)30(44)19-22(39)6-4-16-41-35(45)29-9-5-15-40-29)43-28-8-3-2-7-26-27(20-42-34(26)28)25-12-13-31(46-17-14-38)33(37)32(25)36/h2-3,7-8,10-13,18,20,29,39-40,43H,4-6,9,15-17,19H2,1H3,(H,41,45)/t29-/m0/s1. The van der Waals surface area contributed by atoms with Gasteiger partial charge in [-0.15, -0.1) is 0 Å². The van der Waals surface area contributed by atoms with Gasteiger partial charge in [0.1, 0.15) is 6.07 Å². The molecule has 2 aromatic rings. The summed E-state index contributed by atoms with van der Waals surface area (Å²) >= 11 is 0. The number of anilines is 2. The van der Waals surface area contributed by atoms with Crippen molar-refractivity contribution in [3.8, 4) is 34.2 Å². The lowest BCUT2D eigenvalue weighted by Crippen LogP contribution is -2.40. The summed E-state index contributed by atoms with van der Waals surface area (Å²) in [6.07, 6.45) is 4.33. The lowest BCUT2D eigenvalue weighted by molar-refractivity contribution is -0.122. The summed E-state index contributed by atoms with van der Waals surface area (Å²) in [5, 5.41) is 26.3. The van der Waals surface area contributed by atoms with Gasteiger partial charge in [-0.1, -0.05) is 18.2 Å². The van der Waals surface area contributed by atoms with Crippen LogP contribution in [0.3, 0.4) is 0 Å². The molecule has 236 valence electrons. The third kappa shape index (κ3) is 7.35. The van der Waals surface area contributed by atoms with E-state index in [-0.39, 0.29) is 35.5 Å². The molecule has 2 aromatic carbocycles. The van der Waals surface area contributed by atoms with Crippen LogP contribution in [0.4, 0.5) is 20.2 Å². The van der Waals surface area contributed by atoms with E-state index in [0.29, 0.717) is 58.9 Å². The number of Topliss-reactive ketones (excluding diaryl/α,β-unsaturated/α-hetero) is 1. The average molecular weight is 625 g/mol. The van der Waals surface area contributed by atoms with Crippen LogP contribution in [0.25, 0.3) is 22.4 Å². The molecule has 0 spiro atoms. The summed E-state index contributed by atoms with van der Waals surface area (Å²) in [6.45, 7) is 2.75. The smallest absolute Gasteiger partial charge is 0.237 e. The van der Waals surface area contributed by atoms with Gasteiger partial charge in [-0.3, -0.25) is 14.6 Å². The molecule has 1 amide bonds. The summed E-state index contributed by atoms with van der Waals surface area (Å²) in [7, 11) is 0. The van der Waals surface area contributed by atoms with E-state index in [1.165, 1.54) is 18.3 Å². The van der Waals surface area contributed by atoms with Crippen LogP contribution in [-0.4, -0.2) is 48.1 Å². The Morgan fingerprint density at radius 2 is 1.93 bits per heavy atom. The maximum Gasteiger partial charge on any atom is 0.237 e. The predicted octanol–water partition coefficient (Wildman–Crippen LogP) is 6.33. The van der Waals surface area contributed by atoms with Gasteiger partial charge < -0.3 is 26.1 Å². The minimum Gasteiger partial charge on any atom is -0.476 e. The van der Waals surface area contributed by atoms with Gasteiger partial charge in [-0.05, 0) is 81.1 Å². The van der Waals surface area contributed by atoms with Gasteiger partial charge in [0.05, 0.1) is 17.4 Å². The Hall–Kier alpha value is -5.21. The zero-order valence-electron chi connectivity index (χ0n) is 25.4. The van der Waals surface area contributed by atoms with Crippen molar-refractivity contribution in [1.82, 2.24) is 15.6 Å². The highest BCUT2D eigenvalue weighted by Gasteiger charge is 2.23. The number of carbonyl (C=O) groups excluding carboxylic acids is 2. The molecule has 0 saturated carbocycles. The van der Waals surface area contributed by atoms with E-state index in [4.69, 9.17) is 15.4 Å². The fraction of sp³-hybridized carbons (Fsp3) is 0.286. The molecule has 2 heterocycles. The summed E-state index contributed by atoms with van der Waals surface area (Å²) < 4.78 is 34.7. The van der Waals surface area contributed by atoms with Gasteiger partial charge in [0.15, 0.2) is 24.0 Å². The SMILES string of the molecule is Cc1cc(Nc2ccccc3c(-c4ccc(OCC#N)c(F)c4F)cnc2-3)ccc1C(=O)CC(=N)CCCNC(=O)[C@@H]1CCCN1. The van der Waals surface area contributed by atoms with Gasteiger partial charge >= 0.3 is 0 Å². The first-order valence-electron chi connectivity index (χ1n) is 15.1. The van der Waals surface area contributed by atoms with Crippen LogP contribution in [0.15, 0.2) is 60.8 Å². The highest BCUT2D eigenvalue weighted by molar-refractivity contribution is 6.09. The van der Waals surface area contributed by atoms with Gasteiger partial charge in [-0.2, -0.15) is 9.65 Å². The van der Waals surface area contributed by atoms with E-state index in [1.54, 1.807) is 36.4 Å². The van der Waals surface area contributed by atoms with Crippen molar-refractivity contribution < 1.29 is 23.1 Å². The summed E-state index contributed by atoms with van der Waals surface area (Å²) in [5.74, 6) is -2.78. The number of fused-ring (bicyclic) bond motifs is 1. The van der Waals surface area contributed by atoms with E-state index in [1.807, 2.05) is 19.1 Å². The molecule has 2 aliphatic heterocycles. The molecular formula is C35H34F2N6O3. The first-order valence-corrected chi connectivity index (χ1v) is 15.1. The number of nitrogens with zero attached hydrogens (tertiary/aromatic N) is 2. The van der Waals surface area contributed by atoms with Crippen LogP contribution in [0.2, 0.25) is 0 Å². The Labute approximate surface area is 265 Å². The summed E-state index contributed by atoms with van der Waals surface area (Å²) in [6, 6.07) is 16.8. The zero-order chi connectivity index (χ0) is 32.6. The Morgan fingerprint density at radius 1 is 1.11 bits per heavy atom. The number of aryl methyl sites for hydroxylation is 1. The Kier molecular flexibility index (Phi) is 10.3. The fourth-order valence-corrected chi connectivity index (χ4v) is 5.57. The van der Waals surface area contributed by atoms with Gasteiger partial charge in [-0.25, -0.2) is 4.39 Å². The van der Waals surface area contributed by atoms with E-state index < -0.39 is 18.2 Å². The first-order chi connectivity index (χ1) is 22.3. The van der Waals surface area contributed by atoms with Crippen LogP contribution in [0, 0.1) is 35.3 Å². The van der Waals surface area contributed by atoms with E-state index in [2.05, 4.69) is 20.9 Å². The maximum atomic E-state index is 15.1. The van der Waals surface area contributed by atoms with Crippen LogP contribution >= 0.6 is 0 Å². The number of carbonyl (C=O) groups is 2. The monoisotopic (exact) mass is 624 g/mol. The third-order valence-electron chi connectivity index (χ3n) is 7.90. The molecule has 0 radical (unpaired) electrons. The average Bonchev–Trinajstić information content (AvgIpc) is 3.68. The highest BCUT2D eigenvalue weighted by atomic mass is 19.2. The fourth-order valence-electron chi connectivity index (χ4n) is 5.57. The molecule has 11 heteroatoms. The molecule has 5 rings (SSSR count). The summed E-state index contributed by atoms with van der Waals surface area (Å²) in [5.41, 5.74) is 4.43. The second kappa shape index (κ2) is 14.7. The number of ether oxygens (including phenoxy) is 1. The minimum atomic E-state index is -1.18. The van der Waals surface area contributed by atoms with Crippen LogP contribution < -0.4 is 20.7 Å². The molecule has 1 atom stereocenters. The van der Waals surface area contributed by atoms with Crippen LogP contribution in [0.1, 0.15) is 48.0 Å². The van der Waals surface area contributed by atoms with Crippen molar-refractivity contribution in [2.45, 2.75) is 45.1 Å². The number of amides is 1. The molecule has 9 nitrogen and oxygen atoms in total. The second-order valence-corrected chi connectivity index (χ2v) is 11.2. The Morgan fingerprint density at radius 3 is 2.70 bits per heavy atom. The van der Waals surface area contributed by atoms with Gasteiger partial charge in [0.2, 0.25) is 11.7 Å². The van der Waals surface area contributed by atoms with Crippen molar-refractivity contribution in [2.24, 2.45) is 0 Å². The van der Waals surface area contributed by atoms with Gasteiger partial charge in [0.25, 0.3) is 0 Å². The quantitative estimate of drug-likeness (QED) is 0.0775. The third-order valence-corrected chi connectivity index (χ3v) is 7.90. The molecular weight excluding hydrogens is 590 g/mol. The van der Waals surface area contributed by atoms with Crippen molar-refractivity contribution in [2.75, 3.05) is 25.0 Å². The van der Waals surface area contributed by atoms with E-state index in [9.17, 15) is 14.0 Å². The lowest BCUT2D eigenvalue weighted by Gasteiger charge is -2.12. The molecule has 1 fully saturated rings. The maximum absolute atomic E-state index is 15.1. The van der Waals surface area contributed by atoms with E-state index >= 15 is 4.39 Å². The van der Waals surface area contributed by atoms with Gasteiger partial charge in [0, 0.05) is 52.8 Å². The summed E-state index contributed by atoms with van der Waals surface area (Å²) in [4.78, 5) is 29.6. The molecule has 0 unspecified atom stereocenters. The molecule has 3 aliphatic rings. The topological polar surface area (TPSA) is 140 Å². The minimum absolute atomic E-state index is 0.00365. The molecule has 0 bridgehead atoms. The largest absolute Gasteiger partial charge is 0.476 e. The Balaban J connectivity index is 1.22. The Bertz CT molecular complexity index is 1780. The van der Waals surface area contributed by atoms with Crippen molar-refractivity contribution in [3.63, 3.8) is 0 Å². The number of nitrogens with one attached hydrogen (secondary N) is 4. The molecule has 1 saturated heterocycles. The number of halogens is 2. The molecule has 46 heavy (non-hydrogen) atoms. The molecule has 0 aromatic heterocycles.